The summed E-state index contributed by atoms with van der Waals surface area (Å²) in [6.45, 7) is 6.99. The number of H-pyrrole nitrogens is 2. The number of aliphatic hydroxyl groups excluding tert-OH is 1. The summed E-state index contributed by atoms with van der Waals surface area (Å²) in [4.78, 5) is 32.2. The van der Waals surface area contributed by atoms with E-state index in [0.29, 0.717) is 13.2 Å². The maximum atomic E-state index is 12.9. The van der Waals surface area contributed by atoms with E-state index in [9.17, 15) is 18.4 Å². The van der Waals surface area contributed by atoms with Gasteiger partial charge in [0.15, 0.2) is 0 Å². The maximum Gasteiger partial charge on any atom is 0.361 e. The first-order valence-corrected chi connectivity index (χ1v) is 9.14. The molecule has 4 heterocycles. The average molecular weight is 446 g/mol. The van der Waals surface area contributed by atoms with Crippen LogP contribution in [0.2, 0.25) is 0 Å². The second-order valence-electron chi connectivity index (χ2n) is 7.78. The molecule has 31 heavy (non-hydrogen) atoms. The highest BCUT2D eigenvalue weighted by atomic mass is 19.1. The van der Waals surface area contributed by atoms with Gasteiger partial charge in [-0.05, 0) is 0 Å². The Hall–Kier alpha value is -2.90. The maximum absolute atomic E-state index is 12.9. The number of hydrogen-bond donors (Lipinski definition) is 4. The Morgan fingerprint density at radius 3 is 1.77 bits per heavy atom. The number of halogens is 2. The number of ether oxygens (including phenoxy) is 3. The number of nitrogens with one attached hydrogen (secondary N) is 2. The number of carboxylic acid groups (broad SMARTS) is 1. The third kappa shape index (κ3) is 6.80. The number of esters is 1. The van der Waals surface area contributed by atoms with Crippen molar-refractivity contribution >= 4 is 11.9 Å². The summed E-state index contributed by atoms with van der Waals surface area (Å²) >= 11 is 0. The van der Waals surface area contributed by atoms with Crippen LogP contribution in [-0.4, -0.2) is 81.7 Å². The Morgan fingerprint density at radius 1 is 1.03 bits per heavy atom. The molecule has 0 aliphatic carbocycles. The molecule has 2 aliphatic rings. The molecular formula is C18H24F2N4O7. The average Bonchev–Trinajstić information content (AvgIpc) is 3.31. The number of nitrogens with zero attached hydrogens (tertiary/aromatic N) is 2. The molecule has 0 amide bonds. The van der Waals surface area contributed by atoms with Gasteiger partial charge in [-0.3, -0.25) is 0 Å². The second-order valence-corrected chi connectivity index (χ2v) is 7.78. The Balaban J connectivity index is 0.000000181. The molecule has 2 saturated heterocycles. The van der Waals surface area contributed by atoms with Crippen LogP contribution in [0, 0.1) is 22.7 Å². The van der Waals surface area contributed by atoms with Crippen LogP contribution in [0.5, 0.6) is 0 Å². The lowest BCUT2D eigenvalue weighted by atomic mass is 9.90. The topological polar surface area (TPSA) is 160 Å². The number of carbonyl (C=O) groups is 2. The van der Waals surface area contributed by atoms with Crippen LogP contribution in [0.3, 0.4) is 0 Å². The normalized spacial score (nSPS) is 17.6. The molecule has 172 valence electrons. The minimum Gasteiger partial charge on any atom is -0.476 e. The minimum absolute atomic E-state index is 0.0972. The van der Waals surface area contributed by atoms with E-state index in [1.165, 1.54) is 0 Å². The van der Waals surface area contributed by atoms with E-state index >= 15 is 0 Å². The zero-order valence-corrected chi connectivity index (χ0v) is 17.0. The van der Waals surface area contributed by atoms with Crippen LogP contribution >= 0.6 is 0 Å². The van der Waals surface area contributed by atoms with Gasteiger partial charge in [0, 0.05) is 10.8 Å². The Labute approximate surface area is 175 Å². The van der Waals surface area contributed by atoms with Crippen LogP contribution in [0.15, 0.2) is 12.7 Å². The number of aromatic carboxylic acids is 1. The van der Waals surface area contributed by atoms with E-state index in [1.54, 1.807) is 0 Å². The van der Waals surface area contributed by atoms with E-state index < -0.39 is 29.5 Å². The molecule has 0 bridgehead atoms. The number of rotatable bonds is 5. The standard InChI is InChI=1S/C9H11FN2O3.C5H10O2.C4H3FN2O2/c1-9(2-14-3-9)4-15-8(13)6-7(10)12-5-11-6;1-5(2-6)3-7-4-5;5-3-2(4(8)9)6-1-7-3/h5H,2-4H2,1H3,(H,11,12);6H,2-4H2,1H3;1H,(H,6,7)(H,8,9). The number of aromatic amines is 2. The van der Waals surface area contributed by atoms with Crippen molar-refractivity contribution in [3.8, 4) is 0 Å². The summed E-state index contributed by atoms with van der Waals surface area (Å²) in [6, 6.07) is 0. The zero-order valence-electron chi connectivity index (χ0n) is 17.0. The van der Waals surface area contributed by atoms with E-state index in [0.717, 1.165) is 25.9 Å². The number of aliphatic hydroxyl groups is 1. The molecule has 4 rings (SSSR count). The number of aromatic nitrogens is 4. The summed E-state index contributed by atoms with van der Waals surface area (Å²) < 4.78 is 39.8. The molecular weight excluding hydrogens is 422 g/mol. The summed E-state index contributed by atoms with van der Waals surface area (Å²) in [5.74, 6) is -3.80. The van der Waals surface area contributed by atoms with Gasteiger partial charge in [0.25, 0.3) is 0 Å². The fraction of sp³-hybridized carbons (Fsp3) is 0.556. The number of carboxylic acids is 1. The lowest BCUT2D eigenvalue weighted by Crippen LogP contribution is -2.44. The van der Waals surface area contributed by atoms with E-state index in [-0.39, 0.29) is 29.7 Å². The largest absolute Gasteiger partial charge is 0.476 e. The lowest BCUT2D eigenvalue weighted by Gasteiger charge is -2.36. The molecule has 0 unspecified atom stereocenters. The third-order valence-corrected chi connectivity index (χ3v) is 4.32. The fourth-order valence-electron chi connectivity index (χ4n) is 2.23. The van der Waals surface area contributed by atoms with Crippen molar-refractivity contribution < 1.29 is 42.8 Å². The quantitative estimate of drug-likeness (QED) is 0.491. The molecule has 0 atom stereocenters. The number of imidazole rings is 2. The molecule has 2 fully saturated rings. The Kier molecular flexibility index (Phi) is 8.19. The molecule has 0 radical (unpaired) electrons. The predicted octanol–water partition coefficient (Wildman–Crippen LogP) is 1.00. The van der Waals surface area contributed by atoms with Crippen molar-refractivity contribution in [3.05, 3.63) is 35.9 Å². The van der Waals surface area contributed by atoms with E-state index in [2.05, 4.69) is 15.0 Å². The summed E-state index contributed by atoms with van der Waals surface area (Å²) in [7, 11) is 0. The van der Waals surface area contributed by atoms with Crippen LogP contribution in [0.25, 0.3) is 0 Å². The summed E-state index contributed by atoms with van der Waals surface area (Å²) in [6.07, 6.45) is 2.10. The van der Waals surface area contributed by atoms with Crippen molar-refractivity contribution in [1.82, 2.24) is 19.9 Å². The van der Waals surface area contributed by atoms with Crippen molar-refractivity contribution in [1.29, 1.82) is 0 Å². The van der Waals surface area contributed by atoms with Gasteiger partial charge >= 0.3 is 11.9 Å². The van der Waals surface area contributed by atoms with Gasteiger partial charge in [0.2, 0.25) is 23.3 Å². The Bertz CT molecular complexity index is 872. The lowest BCUT2D eigenvalue weighted by molar-refractivity contribution is -0.127. The Morgan fingerprint density at radius 2 is 1.52 bits per heavy atom. The number of carbonyl (C=O) groups excluding carboxylic acids is 1. The highest BCUT2D eigenvalue weighted by molar-refractivity contribution is 5.87. The van der Waals surface area contributed by atoms with Crippen molar-refractivity contribution in [2.24, 2.45) is 10.8 Å². The second kappa shape index (κ2) is 10.4. The molecule has 2 aromatic rings. The van der Waals surface area contributed by atoms with Gasteiger partial charge in [-0.15, -0.1) is 0 Å². The smallest absolute Gasteiger partial charge is 0.361 e. The molecule has 13 heteroatoms. The molecule has 11 nitrogen and oxygen atoms in total. The molecule has 2 aliphatic heterocycles. The predicted molar refractivity (Wildman–Crippen MR) is 99.3 cm³/mol. The SMILES string of the molecule is CC1(CO)COC1.CC1(COC(=O)c2nc[nH]c2F)COC1.O=C(O)c1nc[nH]c1F. The molecule has 2 aromatic heterocycles. The monoisotopic (exact) mass is 446 g/mol. The van der Waals surface area contributed by atoms with Gasteiger partial charge in [-0.2, -0.15) is 8.78 Å². The first-order valence-electron chi connectivity index (χ1n) is 9.14. The fourth-order valence-corrected chi connectivity index (χ4v) is 2.23. The molecule has 0 spiro atoms. The highest BCUT2D eigenvalue weighted by Crippen LogP contribution is 2.27. The third-order valence-electron chi connectivity index (χ3n) is 4.32. The van der Waals surface area contributed by atoms with Crippen LogP contribution < -0.4 is 0 Å². The highest BCUT2D eigenvalue weighted by Gasteiger charge is 2.35. The number of hydrogen-bond acceptors (Lipinski definition) is 8. The first kappa shape index (κ1) is 24.4. The molecule has 0 aromatic carbocycles. The molecule has 0 saturated carbocycles. The van der Waals surface area contributed by atoms with Gasteiger partial charge < -0.3 is 34.4 Å². The van der Waals surface area contributed by atoms with Crippen molar-refractivity contribution in [2.75, 3.05) is 39.6 Å². The van der Waals surface area contributed by atoms with E-state index in [1.807, 2.05) is 18.8 Å². The first-order chi connectivity index (χ1) is 14.6. The summed E-state index contributed by atoms with van der Waals surface area (Å²) in [5.41, 5.74) is -0.920. The molecule has 4 N–H and O–H groups in total. The van der Waals surface area contributed by atoms with Gasteiger partial charge in [-0.1, -0.05) is 13.8 Å². The van der Waals surface area contributed by atoms with Crippen LogP contribution in [0.4, 0.5) is 8.78 Å². The minimum atomic E-state index is -1.37. The van der Waals surface area contributed by atoms with Gasteiger partial charge in [-0.25, -0.2) is 19.6 Å². The van der Waals surface area contributed by atoms with Crippen molar-refractivity contribution in [3.63, 3.8) is 0 Å². The van der Waals surface area contributed by atoms with Crippen molar-refractivity contribution in [2.45, 2.75) is 13.8 Å². The van der Waals surface area contributed by atoms with Gasteiger partial charge in [0.05, 0.1) is 45.7 Å². The van der Waals surface area contributed by atoms with E-state index in [4.69, 9.17) is 24.4 Å². The van der Waals surface area contributed by atoms with Crippen LogP contribution in [0.1, 0.15) is 34.8 Å². The van der Waals surface area contributed by atoms with Gasteiger partial charge in [0.1, 0.15) is 6.61 Å². The zero-order chi connectivity index (χ0) is 23.1. The van der Waals surface area contributed by atoms with Crippen LogP contribution in [-0.2, 0) is 14.2 Å². The summed E-state index contributed by atoms with van der Waals surface area (Å²) in [5, 5.41) is 16.7.